The van der Waals surface area contributed by atoms with E-state index >= 15 is 0 Å². The number of hydrogen-bond donors (Lipinski definition) is 3. The lowest BCUT2D eigenvalue weighted by atomic mass is 9.99. The number of carbonyl (C=O) groups is 1. The predicted molar refractivity (Wildman–Crippen MR) is 115 cm³/mol. The Kier molecular flexibility index (Phi) is 5.29. The number of aromatic nitrogens is 1. The standard InChI is InChI=1S/C24H20N2O4/c1-29-21-9-4-3-7-16(21)20(27)11-10-15-6-5-8-18-23(15)17(24(28)26-18)14-19-22(30-2)12-13-25-19/h3-9,12-14,20,25,27H,1-2H3,(H,26,28). The first-order valence-electron chi connectivity index (χ1n) is 9.32. The number of hydrogen-bond acceptors (Lipinski definition) is 4. The summed E-state index contributed by atoms with van der Waals surface area (Å²) in [4.78, 5) is 15.7. The average molecular weight is 400 g/mol. The number of H-pyrrole nitrogens is 1. The first-order chi connectivity index (χ1) is 14.6. The predicted octanol–water partition coefficient (Wildman–Crippen LogP) is 3.61. The topological polar surface area (TPSA) is 83.6 Å². The van der Waals surface area contributed by atoms with Gasteiger partial charge < -0.3 is 24.9 Å². The summed E-state index contributed by atoms with van der Waals surface area (Å²) in [5.41, 5.74) is 3.75. The minimum Gasteiger partial charge on any atom is -0.496 e. The maximum absolute atomic E-state index is 12.6. The van der Waals surface area contributed by atoms with Crippen molar-refractivity contribution in [3.8, 4) is 23.3 Å². The molecule has 0 saturated heterocycles. The van der Waals surface area contributed by atoms with Gasteiger partial charge in [0.1, 0.15) is 17.6 Å². The van der Waals surface area contributed by atoms with Gasteiger partial charge in [-0.1, -0.05) is 36.1 Å². The largest absolute Gasteiger partial charge is 0.496 e. The minimum absolute atomic E-state index is 0.221. The Morgan fingerprint density at radius 2 is 1.83 bits per heavy atom. The number of aliphatic hydroxyl groups excluding tert-OH is 1. The molecule has 1 unspecified atom stereocenters. The molecule has 3 aromatic rings. The monoisotopic (exact) mass is 400 g/mol. The quantitative estimate of drug-likeness (QED) is 0.462. The van der Waals surface area contributed by atoms with E-state index in [0.717, 1.165) is 0 Å². The molecule has 0 bridgehead atoms. The summed E-state index contributed by atoms with van der Waals surface area (Å²) in [6.45, 7) is 0. The van der Waals surface area contributed by atoms with Crippen LogP contribution in [0.2, 0.25) is 0 Å². The van der Waals surface area contributed by atoms with Gasteiger partial charge in [0.05, 0.1) is 31.2 Å². The zero-order valence-corrected chi connectivity index (χ0v) is 16.5. The lowest BCUT2D eigenvalue weighted by Crippen LogP contribution is -2.03. The number of para-hydroxylation sites is 1. The highest BCUT2D eigenvalue weighted by atomic mass is 16.5. The number of ether oxygens (including phenoxy) is 2. The Hall–Kier alpha value is -3.95. The zero-order valence-electron chi connectivity index (χ0n) is 16.5. The Bertz CT molecular complexity index is 1200. The van der Waals surface area contributed by atoms with Crippen molar-refractivity contribution in [3.05, 3.63) is 77.1 Å². The van der Waals surface area contributed by atoms with Crippen LogP contribution in [0.1, 0.15) is 28.5 Å². The van der Waals surface area contributed by atoms with Crippen molar-refractivity contribution in [1.82, 2.24) is 4.98 Å². The normalized spacial score (nSPS) is 14.5. The van der Waals surface area contributed by atoms with E-state index in [1.54, 1.807) is 44.7 Å². The highest BCUT2D eigenvalue weighted by Crippen LogP contribution is 2.36. The van der Waals surface area contributed by atoms with Gasteiger partial charge in [-0.3, -0.25) is 4.79 Å². The van der Waals surface area contributed by atoms with Crippen LogP contribution in [0.25, 0.3) is 11.6 Å². The number of amides is 1. The number of fused-ring (bicyclic) bond motifs is 1. The van der Waals surface area contributed by atoms with Crippen molar-refractivity contribution < 1.29 is 19.4 Å². The molecule has 4 rings (SSSR count). The van der Waals surface area contributed by atoms with Gasteiger partial charge in [-0.05, 0) is 30.3 Å². The highest BCUT2D eigenvalue weighted by molar-refractivity contribution is 6.35. The molecule has 6 heteroatoms. The second-order valence-corrected chi connectivity index (χ2v) is 6.61. The number of nitrogens with one attached hydrogen (secondary N) is 2. The minimum atomic E-state index is -1.03. The molecule has 0 saturated carbocycles. The van der Waals surface area contributed by atoms with E-state index in [1.165, 1.54) is 0 Å². The van der Waals surface area contributed by atoms with Crippen LogP contribution in [0.4, 0.5) is 5.69 Å². The van der Waals surface area contributed by atoms with Crippen molar-refractivity contribution in [2.45, 2.75) is 6.10 Å². The van der Waals surface area contributed by atoms with E-state index in [0.29, 0.717) is 45.1 Å². The third-order valence-corrected chi connectivity index (χ3v) is 4.85. The molecule has 0 radical (unpaired) electrons. The summed E-state index contributed by atoms with van der Waals surface area (Å²) in [5.74, 6) is 6.87. The average Bonchev–Trinajstić information content (AvgIpc) is 3.36. The van der Waals surface area contributed by atoms with Crippen LogP contribution in [0.3, 0.4) is 0 Å². The van der Waals surface area contributed by atoms with E-state index in [2.05, 4.69) is 22.1 Å². The number of rotatable bonds is 4. The maximum Gasteiger partial charge on any atom is 0.256 e. The molecule has 0 spiro atoms. The molecular formula is C24H20N2O4. The third kappa shape index (κ3) is 3.54. The van der Waals surface area contributed by atoms with Crippen LogP contribution >= 0.6 is 0 Å². The number of methoxy groups -OCH3 is 2. The molecule has 30 heavy (non-hydrogen) atoms. The fourth-order valence-electron chi connectivity index (χ4n) is 3.41. The number of aromatic amines is 1. The molecule has 150 valence electrons. The van der Waals surface area contributed by atoms with Gasteiger partial charge in [-0.25, -0.2) is 0 Å². The summed E-state index contributed by atoms with van der Waals surface area (Å²) in [6, 6.07) is 14.4. The van der Waals surface area contributed by atoms with Gasteiger partial charge >= 0.3 is 0 Å². The molecule has 1 aliphatic heterocycles. The van der Waals surface area contributed by atoms with Crippen molar-refractivity contribution in [3.63, 3.8) is 0 Å². The Morgan fingerprint density at radius 3 is 2.63 bits per heavy atom. The van der Waals surface area contributed by atoms with E-state index in [4.69, 9.17) is 9.47 Å². The number of carbonyl (C=O) groups excluding carboxylic acids is 1. The first-order valence-corrected chi connectivity index (χ1v) is 9.32. The molecule has 1 aromatic heterocycles. The second-order valence-electron chi connectivity index (χ2n) is 6.61. The molecular weight excluding hydrogens is 380 g/mol. The lowest BCUT2D eigenvalue weighted by Gasteiger charge is -2.09. The Balaban J connectivity index is 1.75. The summed E-state index contributed by atoms with van der Waals surface area (Å²) in [7, 11) is 3.12. The summed E-state index contributed by atoms with van der Waals surface area (Å²) in [6.07, 6.45) is 2.45. The van der Waals surface area contributed by atoms with Crippen LogP contribution in [-0.4, -0.2) is 30.2 Å². The summed E-state index contributed by atoms with van der Waals surface area (Å²) >= 11 is 0. The van der Waals surface area contributed by atoms with E-state index in [-0.39, 0.29) is 5.91 Å². The summed E-state index contributed by atoms with van der Waals surface area (Å²) in [5, 5.41) is 13.4. The molecule has 1 atom stereocenters. The maximum atomic E-state index is 12.6. The molecule has 0 aliphatic carbocycles. The Morgan fingerprint density at radius 1 is 1.03 bits per heavy atom. The number of benzene rings is 2. The van der Waals surface area contributed by atoms with Crippen LogP contribution in [0.5, 0.6) is 11.5 Å². The van der Waals surface area contributed by atoms with E-state index in [1.807, 2.05) is 30.3 Å². The zero-order chi connectivity index (χ0) is 21.1. The SMILES string of the molecule is COc1ccccc1C(O)C#Cc1cccc2c1C(=Cc1[nH]ccc1OC)C(=O)N2. The molecule has 2 heterocycles. The van der Waals surface area contributed by atoms with Crippen molar-refractivity contribution >= 4 is 23.2 Å². The van der Waals surface area contributed by atoms with Crippen LogP contribution in [0.15, 0.2) is 54.7 Å². The lowest BCUT2D eigenvalue weighted by molar-refractivity contribution is -0.110. The Labute approximate surface area is 174 Å². The van der Waals surface area contributed by atoms with Gasteiger partial charge in [-0.2, -0.15) is 0 Å². The molecule has 1 aliphatic rings. The third-order valence-electron chi connectivity index (χ3n) is 4.85. The molecule has 6 nitrogen and oxygen atoms in total. The van der Waals surface area contributed by atoms with E-state index in [9.17, 15) is 9.90 Å². The highest BCUT2D eigenvalue weighted by Gasteiger charge is 2.27. The number of aliphatic hydroxyl groups is 1. The smallest absolute Gasteiger partial charge is 0.256 e. The van der Waals surface area contributed by atoms with Crippen molar-refractivity contribution in [2.24, 2.45) is 0 Å². The summed E-state index contributed by atoms with van der Waals surface area (Å²) < 4.78 is 10.6. The van der Waals surface area contributed by atoms with E-state index < -0.39 is 6.10 Å². The van der Waals surface area contributed by atoms with Crippen molar-refractivity contribution in [1.29, 1.82) is 0 Å². The second kappa shape index (κ2) is 8.19. The fourth-order valence-corrected chi connectivity index (χ4v) is 3.41. The first kappa shape index (κ1) is 19.4. The molecule has 1 amide bonds. The van der Waals surface area contributed by atoms with Gasteiger partial charge in [0.25, 0.3) is 5.91 Å². The van der Waals surface area contributed by atoms with Crippen molar-refractivity contribution in [2.75, 3.05) is 19.5 Å². The molecule has 3 N–H and O–H groups in total. The van der Waals surface area contributed by atoms with Gasteiger partial charge in [0.15, 0.2) is 0 Å². The molecule has 2 aromatic carbocycles. The molecule has 0 fully saturated rings. The van der Waals surface area contributed by atoms with Gasteiger partial charge in [0.2, 0.25) is 0 Å². The van der Waals surface area contributed by atoms with Crippen LogP contribution < -0.4 is 14.8 Å². The fraction of sp³-hybridized carbons (Fsp3) is 0.125. The van der Waals surface area contributed by atoms with Gasteiger partial charge in [0, 0.05) is 22.9 Å². The van der Waals surface area contributed by atoms with Gasteiger partial charge in [-0.15, -0.1) is 0 Å². The van der Waals surface area contributed by atoms with Crippen LogP contribution in [0, 0.1) is 11.8 Å². The van der Waals surface area contributed by atoms with Crippen LogP contribution in [-0.2, 0) is 4.79 Å². The number of anilines is 1.